The minimum absolute atomic E-state index is 0.0465. The van der Waals surface area contributed by atoms with Crippen molar-refractivity contribution in [2.24, 2.45) is 5.41 Å². The lowest BCUT2D eigenvalue weighted by Gasteiger charge is -2.18. The molecule has 3 N–H and O–H groups in total. The predicted molar refractivity (Wildman–Crippen MR) is 85.3 cm³/mol. The Bertz CT molecular complexity index is 723. The second kappa shape index (κ2) is 7.37. The second-order valence-electron chi connectivity index (χ2n) is 6.65. The smallest absolute Gasteiger partial charge is 0.355 e. The third kappa shape index (κ3) is 4.37. The van der Waals surface area contributed by atoms with Crippen molar-refractivity contribution in [3.8, 4) is 0 Å². The molecule has 0 spiro atoms. The second-order valence-corrected chi connectivity index (χ2v) is 6.65. The number of carbonyl (C=O) groups excluding carboxylic acids is 1. The van der Waals surface area contributed by atoms with Crippen molar-refractivity contribution >= 4 is 23.9 Å². The maximum atomic E-state index is 12.4. The van der Waals surface area contributed by atoms with Crippen molar-refractivity contribution in [2.45, 2.75) is 40.7 Å². The fraction of sp³-hybridized carbons (Fsp3) is 0.500. The van der Waals surface area contributed by atoms with Crippen molar-refractivity contribution in [2.75, 3.05) is 6.61 Å². The van der Waals surface area contributed by atoms with Crippen LogP contribution in [0.4, 0.5) is 0 Å². The summed E-state index contributed by atoms with van der Waals surface area (Å²) in [5, 5.41) is 28.0. The number of carboxylic acid groups (broad SMARTS) is 3. The first-order chi connectivity index (χ1) is 11.4. The highest BCUT2D eigenvalue weighted by molar-refractivity contribution is 6.14. The molecule has 0 radical (unpaired) electrons. The zero-order valence-corrected chi connectivity index (χ0v) is 14.5. The third-order valence-corrected chi connectivity index (χ3v) is 3.17. The van der Waals surface area contributed by atoms with Gasteiger partial charge in [0.05, 0.1) is 6.61 Å². The van der Waals surface area contributed by atoms with Crippen LogP contribution in [0.2, 0.25) is 0 Å². The number of carboxylic acids is 3. The van der Waals surface area contributed by atoms with E-state index < -0.39 is 51.8 Å². The molecule has 0 atom stereocenters. The summed E-state index contributed by atoms with van der Waals surface area (Å²) in [6.07, 6.45) is 0.354. The molecule has 0 fully saturated rings. The van der Waals surface area contributed by atoms with Crippen LogP contribution in [0.25, 0.3) is 0 Å². The lowest BCUT2D eigenvalue weighted by Crippen LogP contribution is -2.23. The molecule has 0 aliphatic carbocycles. The van der Waals surface area contributed by atoms with E-state index in [9.17, 15) is 34.5 Å². The number of aromatic carboxylic acids is 3. The van der Waals surface area contributed by atoms with Crippen molar-refractivity contribution < 1.29 is 39.2 Å². The number of hydrogen-bond donors (Lipinski definition) is 3. The minimum atomic E-state index is -1.74. The number of esters is 1. The van der Waals surface area contributed by atoms with Crippen LogP contribution in [0.3, 0.4) is 0 Å². The van der Waals surface area contributed by atoms with Gasteiger partial charge in [0.1, 0.15) is 22.5 Å². The Hall–Kier alpha value is -2.84. The fourth-order valence-electron chi connectivity index (χ4n) is 2.27. The normalized spacial score (nSPS) is 11.2. The molecule has 0 saturated carbocycles. The molecular weight excluding hydrogens is 334 g/mol. The quantitative estimate of drug-likeness (QED) is 0.632. The van der Waals surface area contributed by atoms with Crippen molar-refractivity contribution in [3.63, 3.8) is 0 Å². The molecule has 1 aromatic heterocycles. The van der Waals surface area contributed by atoms with E-state index in [0.29, 0.717) is 6.42 Å². The van der Waals surface area contributed by atoms with Crippen molar-refractivity contribution in [3.05, 3.63) is 22.5 Å². The summed E-state index contributed by atoms with van der Waals surface area (Å²) in [5.74, 6) is -6.16. The van der Waals surface area contributed by atoms with Crippen LogP contribution >= 0.6 is 0 Å². The Morgan fingerprint density at radius 3 is 1.76 bits per heavy atom. The Morgan fingerprint density at radius 2 is 1.40 bits per heavy atom. The van der Waals surface area contributed by atoms with Gasteiger partial charge in [0.2, 0.25) is 0 Å². The fourth-order valence-corrected chi connectivity index (χ4v) is 2.27. The maximum Gasteiger partial charge on any atom is 0.355 e. The maximum absolute atomic E-state index is 12.4. The molecule has 0 aromatic carbocycles. The van der Waals surface area contributed by atoms with Crippen LogP contribution in [0, 0.1) is 5.41 Å². The van der Waals surface area contributed by atoms with Crippen LogP contribution in [-0.4, -0.2) is 50.4 Å². The van der Waals surface area contributed by atoms with E-state index in [2.05, 4.69) is 0 Å². The number of aromatic nitrogens is 1. The Balaban J connectivity index is 3.70. The van der Waals surface area contributed by atoms with Gasteiger partial charge in [0, 0.05) is 6.54 Å². The Morgan fingerprint density at radius 1 is 0.920 bits per heavy atom. The van der Waals surface area contributed by atoms with E-state index in [1.165, 1.54) is 0 Å². The predicted octanol–water partition coefficient (Wildman–Crippen LogP) is 2.20. The molecule has 0 bridgehead atoms. The molecule has 9 heteroatoms. The number of ether oxygens (including phenoxy) is 1. The van der Waals surface area contributed by atoms with Gasteiger partial charge in [-0.3, -0.25) is 0 Å². The SMILES string of the molecule is CCCn1c(C(=O)O)c(C(=O)O)c(C(=O)O)c1C(=O)OCC(C)(C)C. The van der Waals surface area contributed by atoms with Gasteiger partial charge in [-0.2, -0.15) is 0 Å². The lowest BCUT2D eigenvalue weighted by atomic mass is 9.99. The highest BCUT2D eigenvalue weighted by atomic mass is 16.5. The van der Waals surface area contributed by atoms with Gasteiger partial charge >= 0.3 is 23.9 Å². The van der Waals surface area contributed by atoms with Crippen LogP contribution in [-0.2, 0) is 11.3 Å². The Labute approximate surface area is 143 Å². The average molecular weight is 355 g/mol. The number of carbonyl (C=O) groups is 4. The molecule has 0 aliphatic rings. The standard InChI is InChI=1S/C16H21NO8/c1-5-6-17-10(14(22)23)8(12(18)19)9(13(20)21)11(17)15(24)25-7-16(2,3)4/h5-7H2,1-4H3,(H,18,19)(H,20,21)(H,22,23). The van der Waals surface area contributed by atoms with Gasteiger partial charge in [-0.05, 0) is 11.8 Å². The Kier molecular flexibility index (Phi) is 5.96. The lowest BCUT2D eigenvalue weighted by molar-refractivity contribution is 0.0348. The highest BCUT2D eigenvalue weighted by Crippen LogP contribution is 2.26. The van der Waals surface area contributed by atoms with Gasteiger partial charge in [-0.25, -0.2) is 19.2 Å². The summed E-state index contributed by atoms with van der Waals surface area (Å²) in [6, 6.07) is 0. The molecule has 9 nitrogen and oxygen atoms in total. The third-order valence-electron chi connectivity index (χ3n) is 3.17. The summed E-state index contributed by atoms with van der Waals surface area (Å²) < 4.78 is 5.98. The number of rotatable bonds is 7. The molecule has 0 saturated heterocycles. The summed E-state index contributed by atoms with van der Waals surface area (Å²) in [5.41, 5.74) is -3.55. The molecule has 25 heavy (non-hydrogen) atoms. The molecule has 1 heterocycles. The zero-order valence-electron chi connectivity index (χ0n) is 14.5. The largest absolute Gasteiger partial charge is 0.478 e. The minimum Gasteiger partial charge on any atom is -0.478 e. The molecule has 1 rings (SSSR count). The summed E-state index contributed by atoms with van der Waals surface area (Å²) in [7, 11) is 0. The van der Waals surface area contributed by atoms with E-state index in [-0.39, 0.29) is 13.2 Å². The van der Waals surface area contributed by atoms with E-state index in [0.717, 1.165) is 4.57 Å². The summed E-state index contributed by atoms with van der Waals surface area (Å²) >= 11 is 0. The van der Waals surface area contributed by atoms with Gasteiger partial charge in [-0.15, -0.1) is 0 Å². The molecule has 0 unspecified atom stereocenters. The summed E-state index contributed by atoms with van der Waals surface area (Å²) in [6.45, 7) is 6.94. The van der Waals surface area contributed by atoms with E-state index in [4.69, 9.17) is 4.74 Å². The molecule has 0 amide bonds. The first-order valence-electron chi connectivity index (χ1n) is 7.55. The van der Waals surface area contributed by atoms with E-state index in [1.54, 1.807) is 27.7 Å². The van der Waals surface area contributed by atoms with Crippen LogP contribution in [0.15, 0.2) is 0 Å². The molecule has 1 aromatic rings. The first kappa shape index (κ1) is 20.2. The zero-order chi connectivity index (χ0) is 19.5. The van der Waals surface area contributed by atoms with Crippen molar-refractivity contribution in [1.82, 2.24) is 4.57 Å². The molecular formula is C16H21NO8. The van der Waals surface area contributed by atoms with E-state index >= 15 is 0 Å². The topological polar surface area (TPSA) is 143 Å². The van der Waals surface area contributed by atoms with Gasteiger partial charge in [-0.1, -0.05) is 27.7 Å². The van der Waals surface area contributed by atoms with Crippen LogP contribution in [0.1, 0.15) is 75.8 Å². The van der Waals surface area contributed by atoms with Gasteiger partial charge < -0.3 is 24.6 Å². The van der Waals surface area contributed by atoms with Crippen LogP contribution < -0.4 is 0 Å². The number of hydrogen-bond acceptors (Lipinski definition) is 5. The highest BCUT2D eigenvalue weighted by Gasteiger charge is 2.37. The van der Waals surface area contributed by atoms with Gasteiger partial charge in [0.15, 0.2) is 0 Å². The van der Waals surface area contributed by atoms with Gasteiger partial charge in [0.25, 0.3) is 0 Å². The molecule has 138 valence electrons. The first-order valence-corrected chi connectivity index (χ1v) is 7.55. The van der Waals surface area contributed by atoms with Crippen LogP contribution in [0.5, 0.6) is 0 Å². The van der Waals surface area contributed by atoms with Crippen molar-refractivity contribution in [1.29, 1.82) is 0 Å². The van der Waals surface area contributed by atoms with E-state index in [1.807, 2.05) is 0 Å². The number of nitrogens with zero attached hydrogens (tertiary/aromatic N) is 1. The monoisotopic (exact) mass is 355 g/mol. The molecule has 0 aliphatic heterocycles. The summed E-state index contributed by atoms with van der Waals surface area (Å²) in [4.78, 5) is 47.0. The average Bonchev–Trinajstić information content (AvgIpc) is 2.80.